The molecule has 3 heterocycles. The minimum atomic E-state index is -0.162. The predicted octanol–water partition coefficient (Wildman–Crippen LogP) is 0.228. The molecule has 1 atom stereocenters. The van der Waals surface area contributed by atoms with Gasteiger partial charge in [0.25, 0.3) is 5.56 Å². The number of likely N-dealkylation sites (tertiary alicyclic amines) is 1. The summed E-state index contributed by atoms with van der Waals surface area (Å²) in [6.07, 6.45) is 1.25. The number of aromatic nitrogens is 3. The van der Waals surface area contributed by atoms with Gasteiger partial charge >= 0.3 is 0 Å². The molecule has 23 heavy (non-hydrogen) atoms. The number of rotatable bonds is 3. The molecule has 0 aliphatic carbocycles. The SMILES string of the molecule is Cc1nc2c(c(C)c1CC(=O)N1CCC(CN)C1)c(=O)[nH]n2C. The number of fused-ring (bicyclic) bond motifs is 1. The summed E-state index contributed by atoms with van der Waals surface area (Å²) in [5, 5.41) is 3.29. The maximum Gasteiger partial charge on any atom is 0.273 e. The molecule has 1 aliphatic rings. The van der Waals surface area contributed by atoms with E-state index in [1.54, 1.807) is 11.7 Å². The molecule has 124 valence electrons. The Kier molecular flexibility index (Phi) is 3.97. The van der Waals surface area contributed by atoms with Gasteiger partial charge in [0, 0.05) is 25.8 Å². The second kappa shape index (κ2) is 5.81. The highest BCUT2D eigenvalue weighted by atomic mass is 16.2. The number of aromatic amines is 1. The summed E-state index contributed by atoms with van der Waals surface area (Å²) in [6.45, 7) is 5.89. The Morgan fingerprint density at radius 3 is 2.83 bits per heavy atom. The minimum Gasteiger partial charge on any atom is -0.342 e. The van der Waals surface area contributed by atoms with Crippen molar-refractivity contribution in [3.63, 3.8) is 0 Å². The van der Waals surface area contributed by atoms with E-state index in [9.17, 15) is 9.59 Å². The molecular weight excluding hydrogens is 294 g/mol. The van der Waals surface area contributed by atoms with Gasteiger partial charge in [0.2, 0.25) is 5.91 Å². The van der Waals surface area contributed by atoms with Crippen molar-refractivity contribution in [2.24, 2.45) is 18.7 Å². The molecule has 0 spiro atoms. The molecule has 1 unspecified atom stereocenters. The number of carbonyl (C=O) groups is 1. The standard InChI is InChI=1S/C16H23N5O2/c1-9-12(6-13(22)21-5-4-11(7-17)8-21)10(2)18-15-14(9)16(23)19-20(15)3/h11H,4-8,17H2,1-3H3,(H,19,23). The van der Waals surface area contributed by atoms with Crippen LogP contribution in [-0.4, -0.2) is 45.2 Å². The number of H-pyrrole nitrogens is 1. The van der Waals surface area contributed by atoms with Crippen LogP contribution in [0.1, 0.15) is 23.2 Å². The van der Waals surface area contributed by atoms with Gasteiger partial charge in [0.15, 0.2) is 5.65 Å². The normalized spacial score (nSPS) is 18.1. The molecular formula is C16H23N5O2. The second-order valence-electron chi connectivity index (χ2n) is 6.41. The summed E-state index contributed by atoms with van der Waals surface area (Å²) in [5.74, 6) is 0.486. The van der Waals surface area contributed by atoms with Crippen LogP contribution in [0.4, 0.5) is 0 Å². The lowest BCUT2D eigenvalue weighted by Gasteiger charge is -2.18. The van der Waals surface area contributed by atoms with Crippen LogP contribution in [0.15, 0.2) is 4.79 Å². The molecule has 3 N–H and O–H groups in total. The van der Waals surface area contributed by atoms with Gasteiger partial charge in [-0.1, -0.05) is 0 Å². The van der Waals surface area contributed by atoms with Gasteiger partial charge in [-0.2, -0.15) is 0 Å². The van der Waals surface area contributed by atoms with E-state index in [1.807, 2.05) is 18.7 Å². The largest absolute Gasteiger partial charge is 0.342 e. The third-order valence-electron chi connectivity index (χ3n) is 4.88. The lowest BCUT2D eigenvalue weighted by Crippen LogP contribution is -2.31. The zero-order chi connectivity index (χ0) is 16.7. The van der Waals surface area contributed by atoms with Crippen molar-refractivity contribution in [3.8, 4) is 0 Å². The van der Waals surface area contributed by atoms with Gasteiger partial charge in [-0.05, 0) is 43.9 Å². The predicted molar refractivity (Wildman–Crippen MR) is 88.3 cm³/mol. The van der Waals surface area contributed by atoms with Gasteiger partial charge < -0.3 is 10.6 Å². The van der Waals surface area contributed by atoms with Gasteiger partial charge in [-0.25, -0.2) is 4.98 Å². The smallest absolute Gasteiger partial charge is 0.273 e. The number of pyridine rings is 1. The monoisotopic (exact) mass is 317 g/mol. The molecule has 1 fully saturated rings. The summed E-state index contributed by atoms with van der Waals surface area (Å²) in [5.41, 5.74) is 8.66. The Bertz CT molecular complexity index is 820. The van der Waals surface area contributed by atoms with Crippen LogP contribution in [0.25, 0.3) is 11.0 Å². The molecule has 0 radical (unpaired) electrons. The molecule has 0 aromatic carbocycles. The fourth-order valence-corrected chi connectivity index (χ4v) is 3.42. The van der Waals surface area contributed by atoms with Crippen LogP contribution in [0.5, 0.6) is 0 Å². The Morgan fingerprint density at radius 1 is 1.43 bits per heavy atom. The average molecular weight is 317 g/mol. The number of hydrogen-bond acceptors (Lipinski definition) is 4. The Morgan fingerprint density at radius 2 is 2.17 bits per heavy atom. The zero-order valence-electron chi connectivity index (χ0n) is 13.8. The molecule has 0 bridgehead atoms. The Hall–Kier alpha value is -2.15. The van der Waals surface area contributed by atoms with Gasteiger partial charge in [-0.15, -0.1) is 0 Å². The van der Waals surface area contributed by atoms with Crippen LogP contribution in [-0.2, 0) is 18.3 Å². The van der Waals surface area contributed by atoms with Crippen molar-refractivity contribution < 1.29 is 4.79 Å². The lowest BCUT2D eigenvalue weighted by atomic mass is 10.0. The molecule has 0 saturated carbocycles. The molecule has 1 saturated heterocycles. The topological polar surface area (TPSA) is 97.0 Å². The minimum absolute atomic E-state index is 0.0839. The van der Waals surface area contributed by atoms with E-state index in [2.05, 4.69) is 10.1 Å². The van der Waals surface area contributed by atoms with Crippen LogP contribution < -0.4 is 11.3 Å². The van der Waals surface area contributed by atoms with E-state index >= 15 is 0 Å². The molecule has 3 rings (SSSR count). The first-order valence-electron chi connectivity index (χ1n) is 7.95. The Balaban J connectivity index is 1.93. The van der Waals surface area contributed by atoms with Crippen molar-refractivity contribution >= 4 is 16.9 Å². The fourth-order valence-electron chi connectivity index (χ4n) is 3.42. The van der Waals surface area contributed by atoms with E-state index in [-0.39, 0.29) is 17.9 Å². The van der Waals surface area contributed by atoms with Crippen LogP contribution in [0.2, 0.25) is 0 Å². The van der Waals surface area contributed by atoms with Crippen molar-refractivity contribution in [2.75, 3.05) is 19.6 Å². The highest BCUT2D eigenvalue weighted by molar-refractivity contribution is 5.84. The van der Waals surface area contributed by atoms with E-state index in [1.165, 1.54) is 0 Å². The zero-order valence-corrected chi connectivity index (χ0v) is 13.8. The number of carbonyl (C=O) groups excluding carboxylic acids is 1. The third kappa shape index (κ3) is 2.65. The van der Waals surface area contributed by atoms with Crippen molar-refractivity contribution in [3.05, 3.63) is 27.2 Å². The number of hydrogen-bond donors (Lipinski definition) is 2. The number of nitrogens with one attached hydrogen (secondary N) is 1. The van der Waals surface area contributed by atoms with E-state index in [0.717, 1.165) is 36.3 Å². The summed E-state index contributed by atoms with van der Waals surface area (Å²) in [4.78, 5) is 31.0. The van der Waals surface area contributed by atoms with Crippen molar-refractivity contribution in [1.82, 2.24) is 19.7 Å². The van der Waals surface area contributed by atoms with E-state index in [0.29, 0.717) is 23.5 Å². The van der Waals surface area contributed by atoms with Gasteiger partial charge in [0.1, 0.15) is 0 Å². The van der Waals surface area contributed by atoms with Crippen LogP contribution >= 0.6 is 0 Å². The van der Waals surface area contributed by atoms with Gasteiger partial charge in [-0.3, -0.25) is 19.4 Å². The number of nitrogens with zero attached hydrogens (tertiary/aromatic N) is 3. The van der Waals surface area contributed by atoms with E-state index < -0.39 is 0 Å². The highest BCUT2D eigenvalue weighted by Crippen LogP contribution is 2.22. The number of nitrogens with two attached hydrogens (primary N) is 1. The molecule has 7 nitrogen and oxygen atoms in total. The second-order valence-corrected chi connectivity index (χ2v) is 6.41. The summed E-state index contributed by atoms with van der Waals surface area (Å²) in [6, 6.07) is 0. The molecule has 7 heteroatoms. The maximum absolute atomic E-state index is 12.6. The average Bonchev–Trinajstić information content (AvgIpc) is 3.08. The first-order valence-corrected chi connectivity index (χ1v) is 7.95. The van der Waals surface area contributed by atoms with Crippen molar-refractivity contribution in [1.29, 1.82) is 0 Å². The van der Waals surface area contributed by atoms with Crippen LogP contribution in [0, 0.1) is 19.8 Å². The molecule has 2 aromatic heterocycles. The highest BCUT2D eigenvalue weighted by Gasteiger charge is 2.26. The molecule has 1 amide bonds. The first kappa shape index (κ1) is 15.7. The summed E-state index contributed by atoms with van der Waals surface area (Å²) < 4.78 is 1.62. The van der Waals surface area contributed by atoms with E-state index in [4.69, 9.17) is 5.73 Å². The molecule has 2 aromatic rings. The Labute approximate surface area is 134 Å². The van der Waals surface area contributed by atoms with Crippen molar-refractivity contribution in [2.45, 2.75) is 26.7 Å². The summed E-state index contributed by atoms with van der Waals surface area (Å²) >= 11 is 0. The number of amides is 1. The van der Waals surface area contributed by atoms with Crippen LogP contribution in [0.3, 0.4) is 0 Å². The van der Waals surface area contributed by atoms with Gasteiger partial charge in [0.05, 0.1) is 11.8 Å². The molecule has 1 aliphatic heterocycles. The lowest BCUT2D eigenvalue weighted by molar-refractivity contribution is -0.129. The maximum atomic E-state index is 12.6. The fraction of sp³-hybridized carbons (Fsp3) is 0.562. The quantitative estimate of drug-likeness (QED) is 0.847. The third-order valence-corrected chi connectivity index (χ3v) is 4.88. The summed E-state index contributed by atoms with van der Waals surface area (Å²) in [7, 11) is 1.76. The number of aryl methyl sites for hydroxylation is 3. The first-order chi connectivity index (χ1) is 10.9.